The lowest BCUT2D eigenvalue weighted by Crippen LogP contribution is -2.27. The van der Waals surface area contributed by atoms with Crippen molar-refractivity contribution in [2.24, 2.45) is 0 Å². The van der Waals surface area contributed by atoms with Gasteiger partial charge in [-0.1, -0.05) is 0 Å². The average Bonchev–Trinajstić information content (AvgIpc) is 2.16. The molecule has 0 aliphatic carbocycles. The van der Waals surface area contributed by atoms with Crippen molar-refractivity contribution >= 4 is 0 Å². The summed E-state index contributed by atoms with van der Waals surface area (Å²) in [5.41, 5.74) is 0. The molecule has 0 unspecified atom stereocenters. The van der Waals surface area contributed by atoms with E-state index in [9.17, 15) is 10.1 Å². The molecule has 1 aliphatic rings. The summed E-state index contributed by atoms with van der Waals surface area (Å²) < 4.78 is 0. The van der Waals surface area contributed by atoms with Crippen molar-refractivity contribution in [1.82, 2.24) is 10.2 Å². The van der Waals surface area contributed by atoms with E-state index in [0.29, 0.717) is 5.82 Å². The molecule has 0 aromatic heterocycles. The highest BCUT2D eigenvalue weighted by atomic mass is 16.6. The fraction of sp³-hybridized carbons (Fsp3) is 0.714. The minimum atomic E-state index is -0.426. The van der Waals surface area contributed by atoms with Gasteiger partial charge in [-0.05, 0) is 12.8 Å². The molecule has 68 valence electrons. The van der Waals surface area contributed by atoms with Crippen molar-refractivity contribution in [3.05, 3.63) is 22.1 Å². The van der Waals surface area contributed by atoms with E-state index < -0.39 is 4.92 Å². The molecule has 1 heterocycles. The summed E-state index contributed by atoms with van der Waals surface area (Å²) in [4.78, 5) is 11.6. The summed E-state index contributed by atoms with van der Waals surface area (Å²) in [5.74, 6) is 0.609. The molecule has 0 aromatic carbocycles. The highest BCUT2D eigenvalue weighted by Crippen LogP contribution is 2.05. The quantitative estimate of drug-likeness (QED) is 0.457. The first-order valence-electron chi connectivity index (χ1n) is 4.00. The van der Waals surface area contributed by atoms with E-state index in [2.05, 4.69) is 5.32 Å². The van der Waals surface area contributed by atoms with Crippen LogP contribution in [-0.2, 0) is 0 Å². The monoisotopic (exact) mass is 171 g/mol. The third-order valence-electron chi connectivity index (χ3n) is 1.87. The fourth-order valence-electron chi connectivity index (χ4n) is 1.19. The molecule has 0 radical (unpaired) electrons. The summed E-state index contributed by atoms with van der Waals surface area (Å²) >= 11 is 0. The number of nitro groups is 1. The lowest BCUT2D eigenvalue weighted by Gasteiger charge is -2.16. The Morgan fingerprint density at radius 3 is 3.08 bits per heavy atom. The highest BCUT2D eigenvalue weighted by Gasteiger charge is 2.11. The van der Waals surface area contributed by atoms with Crippen LogP contribution in [0.25, 0.3) is 0 Å². The Morgan fingerprint density at radius 1 is 1.67 bits per heavy atom. The van der Waals surface area contributed by atoms with Crippen LogP contribution in [0.2, 0.25) is 0 Å². The third-order valence-corrected chi connectivity index (χ3v) is 1.87. The number of nitrogens with zero attached hydrogens (tertiary/aromatic N) is 2. The van der Waals surface area contributed by atoms with Crippen LogP contribution in [0.3, 0.4) is 0 Å². The molecule has 12 heavy (non-hydrogen) atoms. The second-order valence-corrected chi connectivity index (χ2v) is 2.86. The van der Waals surface area contributed by atoms with Crippen molar-refractivity contribution in [3.63, 3.8) is 0 Å². The number of hydrogen-bond donors (Lipinski definition) is 1. The molecule has 1 aliphatic heterocycles. The van der Waals surface area contributed by atoms with Crippen LogP contribution in [0.15, 0.2) is 12.0 Å². The highest BCUT2D eigenvalue weighted by molar-refractivity contribution is 4.94. The zero-order chi connectivity index (χ0) is 8.97. The Labute approximate surface area is 71.2 Å². The van der Waals surface area contributed by atoms with Crippen molar-refractivity contribution in [2.75, 3.05) is 20.1 Å². The Hall–Kier alpha value is -1.26. The molecule has 0 saturated carbocycles. The Kier molecular flexibility index (Phi) is 2.90. The maximum absolute atomic E-state index is 10.2. The number of hydrogen-bond acceptors (Lipinski definition) is 4. The summed E-state index contributed by atoms with van der Waals surface area (Å²) in [6.07, 6.45) is 3.17. The van der Waals surface area contributed by atoms with Crippen LogP contribution < -0.4 is 5.32 Å². The topological polar surface area (TPSA) is 58.4 Å². The Balaban J connectivity index is 2.64. The van der Waals surface area contributed by atoms with Crippen molar-refractivity contribution in [3.8, 4) is 0 Å². The molecule has 0 bridgehead atoms. The smallest absolute Gasteiger partial charge is 0.274 e. The zero-order valence-corrected chi connectivity index (χ0v) is 7.12. The minimum Gasteiger partial charge on any atom is -0.367 e. The van der Waals surface area contributed by atoms with Gasteiger partial charge in [0.2, 0.25) is 0 Å². The second kappa shape index (κ2) is 3.94. The van der Waals surface area contributed by atoms with Crippen LogP contribution in [0.1, 0.15) is 12.8 Å². The molecule has 5 heteroatoms. The lowest BCUT2D eigenvalue weighted by molar-refractivity contribution is -0.404. The predicted molar refractivity (Wildman–Crippen MR) is 44.9 cm³/mol. The van der Waals surface area contributed by atoms with E-state index in [1.54, 1.807) is 0 Å². The van der Waals surface area contributed by atoms with Gasteiger partial charge in [-0.25, -0.2) is 0 Å². The molecule has 1 N–H and O–H groups in total. The first-order valence-corrected chi connectivity index (χ1v) is 4.00. The van der Waals surface area contributed by atoms with Gasteiger partial charge in [0.1, 0.15) is 0 Å². The Bertz CT molecular complexity index is 203. The van der Waals surface area contributed by atoms with E-state index in [-0.39, 0.29) is 0 Å². The standard InChI is InChI=1S/C7H13N3O2/c1-9-5-3-2-4-8-7(9)6-10(11)12/h6,8H,2-5H2,1H3. The van der Waals surface area contributed by atoms with Gasteiger partial charge in [0.15, 0.2) is 5.82 Å². The predicted octanol–water partition coefficient (Wildman–Crippen LogP) is 0.377. The third kappa shape index (κ3) is 2.41. The van der Waals surface area contributed by atoms with E-state index in [1.807, 2.05) is 11.9 Å². The van der Waals surface area contributed by atoms with Gasteiger partial charge in [-0.2, -0.15) is 0 Å². The van der Waals surface area contributed by atoms with Gasteiger partial charge >= 0.3 is 0 Å². The molecule has 1 fully saturated rings. The largest absolute Gasteiger partial charge is 0.367 e. The van der Waals surface area contributed by atoms with Crippen LogP contribution >= 0.6 is 0 Å². The average molecular weight is 171 g/mol. The summed E-state index contributed by atoms with van der Waals surface area (Å²) in [5, 5.41) is 13.2. The van der Waals surface area contributed by atoms with Crippen molar-refractivity contribution in [1.29, 1.82) is 0 Å². The van der Waals surface area contributed by atoms with Gasteiger partial charge in [0.05, 0.1) is 4.92 Å². The molecule has 1 rings (SSSR count). The van der Waals surface area contributed by atoms with Crippen molar-refractivity contribution < 1.29 is 4.92 Å². The van der Waals surface area contributed by atoms with Crippen molar-refractivity contribution in [2.45, 2.75) is 12.8 Å². The van der Waals surface area contributed by atoms with E-state index in [4.69, 9.17) is 0 Å². The minimum absolute atomic E-state index is 0.426. The zero-order valence-electron chi connectivity index (χ0n) is 7.12. The van der Waals surface area contributed by atoms with Crippen LogP contribution in [0.4, 0.5) is 0 Å². The first kappa shape index (κ1) is 8.83. The molecule has 1 saturated heterocycles. The van der Waals surface area contributed by atoms with Crippen LogP contribution in [0.5, 0.6) is 0 Å². The van der Waals surface area contributed by atoms with Gasteiger partial charge < -0.3 is 10.2 Å². The molecular weight excluding hydrogens is 158 g/mol. The first-order chi connectivity index (χ1) is 5.70. The maximum atomic E-state index is 10.2. The van der Waals surface area contributed by atoms with E-state index in [0.717, 1.165) is 32.1 Å². The van der Waals surface area contributed by atoms with E-state index >= 15 is 0 Å². The Morgan fingerprint density at radius 2 is 2.42 bits per heavy atom. The SMILES string of the molecule is CN1CCCCNC1=C[N+](=O)[O-]. The van der Waals surface area contributed by atoms with E-state index in [1.165, 1.54) is 0 Å². The summed E-state index contributed by atoms with van der Waals surface area (Å²) in [6, 6.07) is 0. The second-order valence-electron chi connectivity index (χ2n) is 2.86. The van der Waals surface area contributed by atoms with Gasteiger partial charge in [-0.3, -0.25) is 10.1 Å². The molecular formula is C7H13N3O2. The van der Waals surface area contributed by atoms with Crippen LogP contribution in [0, 0.1) is 10.1 Å². The summed E-state index contributed by atoms with van der Waals surface area (Å²) in [6.45, 7) is 1.71. The molecule has 0 amide bonds. The van der Waals surface area contributed by atoms with Gasteiger partial charge in [-0.15, -0.1) is 0 Å². The van der Waals surface area contributed by atoms with Gasteiger partial charge in [0.25, 0.3) is 6.20 Å². The summed E-state index contributed by atoms with van der Waals surface area (Å²) in [7, 11) is 1.85. The molecule has 0 spiro atoms. The normalized spacial score (nSPS) is 21.8. The molecule has 0 atom stereocenters. The lowest BCUT2D eigenvalue weighted by atomic mass is 10.3. The molecule has 0 aromatic rings. The van der Waals surface area contributed by atoms with Gasteiger partial charge in [0, 0.05) is 20.1 Å². The molecule has 5 nitrogen and oxygen atoms in total. The fourth-order valence-corrected chi connectivity index (χ4v) is 1.19. The number of nitrogens with one attached hydrogen (secondary N) is 1. The maximum Gasteiger partial charge on any atom is 0.274 e. The van der Waals surface area contributed by atoms with Crippen LogP contribution in [-0.4, -0.2) is 30.0 Å². The number of rotatable bonds is 1.